The minimum atomic E-state index is 0.849. The summed E-state index contributed by atoms with van der Waals surface area (Å²) >= 11 is 0. The van der Waals surface area contributed by atoms with Gasteiger partial charge < -0.3 is 10.1 Å². The van der Waals surface area contributed by atoms with Crippen LogP contribution in [0.5, 0.6) is 5.75 Å². The van der Waals surface area contributed by atoms with Gasteiger partial charge in [-0.25, -0.2) is 0 Å². The quantitative estimate of drug-likeness (QED) is 0.879. The van der Waals surface area contributed by atoms with Crippen LogP contribution >= 0.6 is 0 Å². The molecular formula is C16H23N3O. The molecule has 0 amide bonds. The summed E-state index contributed by atoms with van der Waals surface area (Å²) in [5.74, 6) is 0.939. The Morgan fingerprint density at radius 1 is 1.30 bits per heavy atom. The van der Waals surface area contributed by atoms with Gasteiger partial charge in [-0.1, -0.05) is 19.1 Å². The molecule has 1 heterocycles. The first-order valence-corrected chi connectivity index (χ1v) is 6.99. The maximum Gasteiger partial charge on any atom is 0.121 e. The van der Waals surface area contributed by atoms with Crippen LogP contribution in [0.25, 0.3) is 0 Å². The maximum absolute atomic E-state index is 5.28. The Morgan fingerprint density at radius 2 is 2.10 bits per heavy atom. The van der Waals surface area contributed by atoms with Crippen LogP contribution < -0.4 is 10.1 Å². The van der Waals surface area contributed by atoms with E-state index < -0.39 is 0 Å². The van der Waals surface area contributed by atoms with Crippen molar-refractivity contribution in [3.8, 4) is 5.75 Å². The molecule has 4 nitrogen and oxygen atoms in total. The largest absolute Gasteiger partial charge is 0.496 e. The van der Waals surface area contributed by atoms with E-state index in [0.717, 1.165) is 25.3 Å². The van der Waals surface area contributed by atoms with Gasteiger partial charge >= 0.3 is 0 Å². The van der Waals surface area contributed by atoms with Crippen molar-refractivity contribution in [1.29, 1.82) is 0 Å². The van der Waals surface area contributed by atoms with Crippen molar-refractivity contribution in [2.75, 3.05) is 7.11 Å². The number of ether oxygens (including phenoxy) is 1. The van der Waals surface area contributed by atoms with Crippen molar-refractivity contribution in [1.82, 2.24) is 15.1 Å². The van der Waals surface area contributed by atoms with Gasteiger partial charge in [0.05, 0.1) is 12.8 Å². The molecule has 1 aromatic carbocycles. The van der Waals surface area contributed by atoms with Crippen molar-refractivity contribution >= 4 is 0 Å². The summed E-state index contributed by atoms with van der Waals surface area (Å²) in [5, 5.41) is 7.93. The Morgan fingerprint density at radius 3 is 2.75 bits per heavy atom. The fourth-order valence-corrected chi connectivity index (χ4v) is 2.42. The highest BCUT2D eigenvalue weighted by molar-refractivity contribution is 5.36. The lowest BCUT2D eigenvalue weighted by molar-refractivity contribution is 0.411. The molecule has 0 aliphatic heterocycles. The third-order valence-corrected chi connectivity index (χ3v) is 3.43. The number of rotatable bonds is 6. The second-order valence-electron chi connectivity index (χ2n) is 5.04. The predicted octanol–water partition coefficient (Wildman–Crippen LogP) is 2.59. The van der Waals surface area contributed by atoms with E-state index in [1.807, 2.05) is 17.8 Å². The molecule has 0 radical (unpaired) electrons. The molecule has 2 aromatic rings. The maximum atomic E-state index is 5.28. The van der Waals surface area contributed by atoms with Crippen LogP contribution in [0, 0.1) is 6.92 Å². The smallest absolute Gasteiger partial charge is 0.121 e. The summed E-state index contributed by atoms with van der Waals surface area (Å²) in [4.78, 5) is 0. The van der Waals surface area contributed by atoms with Crippen LogP contribution in [0.15, 0.2) is 24.4 Å². The van der Waals surface area contributed by atoms with E-state index >= 15 is 0 Å². The number of nitrogens with zero attached hydrogens (tertiary/aromatic N) is 2. The van der Waals surface area contributed by atoms with Gasteiger partial charge in [0.25, 0.3) is 0 Å². The summed E-state index contributed by atoms with van der Waals surface area (Å²) in [6.07, 6.45) is 3.06. The van der Waals surface area contributed by atoms with E-state index in [2.05, 4.69) is 42.6 Å². The summed E-state index contributed by atoms with van der Waals surface area (Å²) < 4.78 is 7.16. The number of methoxy groups -OCH3 is 1. The average Bonchev–Trinajstić information content (AvgIpc) is 2.79. The standard InChI is InChI=1S/C16H23N3O/c1-5-15-14(11-19(3)18-15)10-17-9-13-6-7-16(20-4)12(2)8-13/h6-8,11,17H,5,9-10H2,1-4H3. The molecule has 0 spiro atoms. The number of nitrogens with one attached hydrogen (secondary N) is 1. The molecule has 1 aromatic heterocycles. The van der Waals surface area contributed by atoms with E-state index in [1.165, 1.54) is 22.4 Å². The van der Waals surface area contributed by atoms with E-state index in [9.17, 15) is 0 Å². The average molecular weight is 273 g/mol. The fraction of sp³-hybridized carbons (Fsp3) is 0.438. The zero-order chi connectivity index (χ0) is 14.5. The first-order valence-electron chi connectivity index (χ1n) is 6.99. The van der Waals surface area contributed by atoms with Gasteiger partial charge in [0.15, 0.2) is 0 Å². The molecule has 108 valence electrons. The highest BCUT2D eigenvalue weighted by Gasteiger charge is 2.05. The number of hydrogen-bond donors (Lipinski definition) is 1. The Balaban J connectivity index is 1.94. The van der Waals surface area contributed by atoms with E-state index in [4.69, 9.17) is 4.74 Å². The Kier molecular flexibility index (Phi) is 4.79. The zero-order valence-electron chi connectivity index (χ0n) is 12.7. The third kappa shape index (κ3) is 3.39. The fourth-order valence-electron chi connectivity index (χ4n) is 2.42. The van der Waals surface area contributed by atoms with Gasteiger partial charge in [-0.3, -0.25) is 4.68 Å². The van der Waals surface area contributed by atoms with Crippen molar-refractivity contribution in [2.45, 2.75) is 33.4 Å². The van der Waals surface area contributed by atoms with Crippen LogP contribution in [0.3, 0.4) is 0 Å². The third-order valence-electron chi connectivity index (χ3n) is 3.43. The van der Waals surface area contributed by atoms with Crippen LogP contribution in [-0.4, -0.2) is 16.9 Å². The van der Waals surface area contributed by atoms with Gasteiger partial charge in [0.1, 0.15) is 5.75 Å². The van der Waals surface area contributed by atoms with Gasteiger partial charge in [-0.05, 0) is 30.5 Å². The Labute approximate surface area is 120 Å². The lowest BCUT2D eigenvalue weighted by Gasteiger charge is -2.08. The SMILES string of the molecule is CCc1nn(C)cc1CNCc1ccc(OC)c(C)c1. The minimum absolute atomic E-state index is 0.849. The van der Waals surface area contributed by atoms with Crippen LogP contribution in [0.1, 0.15) is 29.3 Å². The summed E-state index contributed by atoms with van der Waals surface area (Å²) in [5.41, 5.74) is 4.89. The Bertz CT molecular complexity index is 575. The number of aryl methyl sites for hydroxylation is 3. The summed E-state index contributed by atoms with van der Waals surface area (Å²) in [6.45, 7) is 5.91. The van der Waals surface area contributed by atoms with Crippen LogP contribution in [-0.2, 0) is 26.6 Å². The van der Waals surface area contributed by atoms with Crippen molar-refractivity contribution in [3.63, 3.8) is 0 Å². The van der Waals surface area contributed by atoms with Crippen molar-refractivity contribution in [2.24, 2.45) is 7.05 Å². The highest BCUT2D eigenvalue weighted by atomic mass is 16.5. The molecule has 20 heavy (non-hydrogen) atoms. The number of aromatic nitrogens is 2. The molecule has 0 aliphatic rings. The summed E-state index contributed by atoms with van der Waals surface area (Å²) in [7, 11) is 3.67. The second-order valence-corrected chi connectivity index (χ2v) is 5.04. The topological polar surface area (TPSA) is 39.1 Å². The van der Waals surface area contributed by atoms with Crippen molar-refractivity contribution in [3.05, 3.63) is 46.8 Å². The molecule has 0 saturated heterocycles. The Hall–Kier alpha value is -1.81. The lowest BCUT2D eigenvalue weighted by atomic mass is 10.1. The van der Waals surface area contributed by atoms with E-state index in [1.54, 1.807) is 7.11 Å². The van der Waals surface area contributed by atoms with E-state index in [-0.39, 0.29) is 0 Å². The molecule has 0 atom stereocenters. The lowest BCUT2D eigenvalue weighted by Crippen LogP contribution is -2.13. The first-order chi connectivity index (χ1) is 9.63. The van der Waals surface area contributed by atoms with Gasteiger partial charge in [0.2, 0.25) is 0 Å². The highest BCUT2D eigenvalue weighted by Crippen LogP contribution is 2.18. The van der Waals surface area contributed by atoms with Crippen LogP contribution in [0.4, 0.5) is 0 Å². The van der Waals surface area contributed by atoms with Crippen molar-refractivity contribution < 1.29 is 4.74 Å². The molecular weight excluding hydrogens is 250 g/mol. The molecule has 0 unspecified atom stereocenters. The molecule has 0 aliphatic carbocycles. The van der Waals surface area contributed by atoms with Gasteiger partial charge in [-0.2, -0.15) is 5.10 Å². The molecule has 4 heteroatoms. The van der Waals surface area contributed by atoms with Gasteiger partial charge in [0, 0.05) is 31.9 Å². The van der Waals surface area contributed by atoms with Gasteiger partial charge in [-0.15, -0.1) is 0 Å². The normalized spacial score (nSPS) is 10.8. The number of hydrogen-bond acceptors (Lipinski definition) is 3. The molecule has 0 bridgehead atoms. The predicted molar refractivity (Wildman–Crippen MR) is 80.9 cm³/mol. The van der Waals surface area contributed by atoms with Crippen LogP contribution in [0.2, 0.25) is 0 Å². The van der Waals surface area contributed by atoms with E-state index in [0.29, 0.717) is 0 Å². The minimum Gasteiger partial charge on any atom is -0.496 e. The molecule has 2 rings (SSSR count). The zero-order valence-corrected chi connectivity index (χ0v) is 12.7. The molecule has 0 fully saturated rings. The second kappa shape index (κ2) is 6.57. The molecule has 0 saturated carbocycles. The molecule has 1 N–H and O–H groups in total. The number of benzene rings is 1. The first kappa shape index (κ1) is 14.6. The monoisotopic (exact) mass is 273 g/mol. The summed E-state index contributed by atoms with van der Waals surface area (Å²) in [6, 6.07) is 6.28.